The van der Waals surface area contributed by atoms with Gasteiger partial charge < -0.3 is 10.2 Å². The van der Waals surface area contributed by atoms with Gasteiger partial charge in [-0.3, -0.25) is 14.8 Å². The monoisotopic (exact) mass is 491 g/mol. The summed E-state index contributed by atoms with van der Waals surface area (Å²) in [6, 6.07) is -0.869. The third-order valence-corrected chi connectivity index (χ3v) is 5.50. The zero-order valence-electron chi connectivity index (χ0n) is 16.1. The van der Waals surface area contributed by atoms with Gasteiger partial charge >= 0.3 is 6.18 Å². The molecule has 2 unspecified atom stereocenters. The maximum Gasteiger partial charge on any atom is 0.403 e. The summed E-state index contributed by atoms with van der Waals surface area (Å²) in [4.78, 5) is 10.4. The largest absolute Gasteiger partial charge is 0.403 e. The van der Waals surface area contributed by atoms with E-state index >= 15 is 0 Å². The van der Waals surface area contributed by atoms with Gasteiger partial charge in [0.25, 0.3) is 0 Å². The van der Waals surface area contributed by atoms with Gasteiger partial charge in [0.05, 0.1) is 0 Å². The van der Waals surface area contributed by atoms with Crippen LogP contribution in [0.15, 0.2) is 4.99 Å². The molecule has 0 aromatic heterocycles. The Balaban J connectivity index is 0.00000338. The lowest BCUT2D eigenvalue weighted by molar-refractivity contribution is -0.181. The molecule has 0 aliphatic carbocycles. The summed E-state index contributed by atoms with van der Waals surface area (Å²) in [5.41, 5.74) is 0. The lowest BCUT2D eigenvalue weighted by Gasteiger charge is -2.40. The Bertz CT molecular complexity index is 439. The molecule has 1 N–H and O–H groups in total. The molecule has 154 valence electrons. The Morgan fingerprint density at radius 3 is 2.35 bits per heavy atom. The van der Waals surface area contributed by atoms with Crippen LogP contribution in [0.5, 0.6) is 0 Å². The summed E-state index contributed by atoms with van der Waals surface area (Å²) in [5, 5.41) is 3.44. The summed E-state index contributed by atoms with van der Waals surface area (Å²) in [5.74, 6) is 0.806. The Morgan fingerprint density at radius 2 is 1.81 bits per heavy atom. The van der Waals surface area contributed by atoms with Gasteiger partial charge in [0.1, 0.15) is 6.04 Å². The van der Waals surface area contributed by atoms with Crippen LogP contribution >= 0.6 is 24.0 Å². The van der Waals surface area contributed by atoms with Crippen LogP contribution in [0.25, 0.3) is 0 Å². The minimum absolute atomic E-state index is 0. The first-order valence-corrected chi connectivity index (χ1v) is 9.37. The molecule has 26 heavy (non-hydrogen) atoms. The fourth-order valence-electron chi connectivity index (χ4n) is 3.78. The van der Waals surface area contributed by atoms with Crippen molar-refractivity contribution in [1.82, 2.24) is 20.0 Å². The minimum atomic E-state index is -4.16. The summed E-state index contributed by atoms with van der Waals surface area (Å²) < 4.78 is 38.6. The second-order valence-electron chi connectivity index (χ2n) is 6.95. The van der Waals surface area contributed by atoms with Crippen molar-refractivity contribution in [3.63, 3.8) is 0 Å². The van der Waals surface area contributed by atoms with E-state index < -0.39 is 12.2 Å². The van der Waals surface area contributed by atoms with Gasteiger partial charge in [-0.25, -0.2) is 0 Å². The number of piperazine rings is 1. The summed E-state index contributed by atoms with van der Waals surface area (Å²) in [6.45, 7) is 8.44. The van der Waals surface area contributed by atoms with Gasteiger partial charge in [-0.1, -0.05) is 13.3 Å². The average Bonchev–Trinajstić information content (AvgIpc) is 2.61. The second-order valence-corrected chi connectivity index (χ2v) is 6.95. The van der Waals surface area contributed by atoms with Gasteiger partial charge in [-0.2, -0.15) is 13.2 Å². The predicted octanol–water partition coefficient (Wildman–Crippen LogP) is 2.62. The molecule has 2 fully saturated rings. The first-order chi connectivity index (χ1) is 11.9. The van der Waals surface area contributed by atoms with E-state index in [1.807, 2.05) is 0 Å². The Morgan fingerprint density at radius 1 is 1.15 bits per heavy atom. The molecule has 5 nitrogen and oxygen atoms in total. The SMILES string of the molecule is CCN1CCCCC1CNC(=NC)N1CCN(C(C)C(F)(F)F)CC1.I. The fourth-order valence-corrected chi connectivity index (χ4v) is 3.78. The zero-order valence-corrected chi connectivity index (χ0v) is 18.4. The smallest absolute Gasteiger partial charge is 0.355 e. The van der Waals surface area contributed by atoms with Crippen molar-refractivity contribution in [3.05, 3.63) is 0 Å². The van der Waals surface area contributed by atoms with E-state index in [0.29, 0.717) is 32.2 Å². The number of guanidine groups is 1. The lowest BCUT2D eigenvalue weighted by atomic mass is 10.0. The van der Waals surface area contributed by atoms with E-state index in [4.69, 9.17) is 0 Å². The van der Waals surface area contributed by atoms with E-state index in [2.05, 4.69) is 27.0 Å². The van der Waals surface area contributed by atoms with Crippen LogP contribution in [0.2, 0.25) is 0 Å². The topological polar surface area (TPSA) is 34.1 Å². The summed E-state index contributed by atoms with van der Waals surface area (Å²) in [7, 11) is 1.74. The molecule has 0 saturated carbocycles. The number of likely N-dealkylation sites (N-methyl/N-ethyl adjacent to an activating group) is 1. The molecule has 0 radical (unpaired) electrons. The maximum atomic E-state index is 12.9. The molecule has 2 rings (SSSR count). The van der Waals surface area contributed by atoms with Crippen LogP contribution in [-0.2, 0) is 0 Å². The van der Waals surface area contributed by atoms with Crippen LogP contribution in [-0.4, -0.2) is 91.8 Å². The second kappa shape index (κ2) is 10.9. The molecule has 2 aliphatic rings. The van der Waals surface area contributed by atoms with Gasteiger partial charge in [-0.05, 0) is 32.9 Å². The highest BCUT2D eigenvalue weighted by molar-refractivity contribution is 14.0. The van der Waals surface area contributed by atoms with Crippen molar-refractivity contribution in [2.45, 2.75) is 51.4 Å². The van der Waals surface area contributed by atoms with E-state index in [1.165, 1.54) is 31.1 Å². The first-order valence-electron chi connectivity index (χ1n) is 9.37. The minimum Gasteiger partial charge on any atom is -0.355 e. The van der Waals surface area contributed by atoms with Crippen molar-refractivity contribution in [1.29, 1.82) is 0 Å². The van der Waals surface area contributed by atoms with Gasteiger partial charge in [0.2, 0.25) is 0 Å². The molecule has 0 aromatic carbocycles. The highest BCUT2D eigenvalue weighted by atomic mass is 127. The number of halogens is 4. The van der Waals surface area contributed by atoms with Crippen molar-refractivity contribution in [2.75, 3.05) is 52.9 Å². The van der Waals surface area contributed by atoms with Crippen LogP contribution < -0.4 is 5.32 Å². The molecule has 0 amide bonds. The third-order valence-electron chi connectivity index (χ3n) is 5.50. The summed E-state index contributed by atoms with van der Waals surface area (Å²) in [6.07, 6.45) is -0.449. The number of likely N-dealkylation sites (tertiary alicyclic amines) is 1. The molecule has 0 spiro atoms. The van der Waals surface area contributed by atoms with E-state index in [-0.39, 0.29) is 24.0 Å². The van der Waals surface area contributed by atoms with Crippen molar-refractivity contribution in [2.24, 2.45) is 4.99 Å². The number of hydrogen-bond acceptors (Lipinski definition) is 3. The van der Waals surface area contributed by atoms with Crippen molar-refractivity contribution in [3.8, 4) is 0 Å². The Labute approximate surface area is 172 Å². The normalized spacial score (nSPS) is 24.9. The highest BCUT2D eigenvalue weighted by Gasteiger charge is 2.41. The fraction of sp³-hybridized carbons (Fsp3) is 0.941. The number of hydrogen-bond donors (Lipinski definition) is 1. The van der Waals surface area contributed by atoms with Gasteiger partial charge in [0.15, 0.2) is 5.96 Å². The van der Waals surface area contributed by atoms with Crippen LogP contribution in [0.1, 0.15) is 33.1 Å². The molecule has 0 bridgehead atoms. The number of nitrogens with zero attached hydrogens (tertiary/aromatic N) is 4. The molecule has 2 saturated heterocycles. The van der Waals surface area contributed by atoms with Crippen LogP contribution in [0.4, 0.5) is 13.2 Å². The van der Waals surface area contributed by atoms with Crippen molar-refractivity contribution >= 4 is 29.9 Å². The Hall–Kier alpha value is -0.290. The van der Waals surface area contributed by atoms with E-state index in [9.17, 15) is 13.2 Å². The van der Waals surface area contributed by atoms with E-state index in [1.54, 1.807) is 7.05 Å². The molecule has 2 heterocycles. The van der Waals surface area contributed by atoms with E-state index in [0.717, 1.165) is 25.6 Å². The molecule has 0 aromatic rings. The Kier molecular flexibility index (Phi) is 9.95. The molecule has 2 aliphatic heterocycles. The molecule has 9 heteroatoms. The standard InChI is InChI=1S/C17H32F3N5.HI/c1-4-23-8-6-5-7-15(23)13-22-16(21-3)25-11-9-24(10-12-25)14(2)17(18,19)20;/h14-15H,4-13H2,1-3H3,(H,21,22);1H. The quantitative estimate of drug-likeness (QED) is 0.373. The highest BCUT2D eigenvalue weighted by Crippen LogP contribution is 2.25. The maximum absolute atomic E-state index is 12.9. The van der Waals surface area contributed by atoms with Gasteiger partial charge in [0, 0.05) is 45.8 Å². The average molecular weight is 491 g/mol. The number of piperidine rings is 1. The number of aliphatic imine (C=N–C) groups is 1. The third kappa shape index (κ3) is 6.40. The molecular weight excluding hydrogens is 458 g/mol. The number of nitrogens with one attached hydrogen (secondary N) is 1. The lowest BCUT2D eigenvalue weighted by Crippen LogP contribution is -2.57. The molecular formula is C17H33F3IN5. The molecule has 2 atom stereocenters. The number of rotatable bonds is 4. The number of alkyl halides is 3. The summed E-state index contributed by atoms with van der Waals surface area (Å²) >= 11 is 0. The zero-order chi connectivity index (χ0) is 18.4. The van der Waals surface area contributed by atoms with Crippen molar-refractivity contribution < 1.29 is 13.2 Å². The van der Waals surface area contributed by atoms with Gasteiger partial charge in [-0.15, -0.1) is 24.0 Å². The first kappa shape index (κ1) is 23.7. The van der Waals surface area contributed by atoms with Crippen LogP contribution in [0.3, 0.4) is 0 Å². The van der Waals surface area contributed by atoms with Crippen LogP contribution in [0, 0.1) is 0 Å². The predicted molar refractivity (Wildman–Crippen MR) is 110 cm³/mol.